The van der Waals surface area contributed by atoms with E-state index < -0.39 is 47.9 Å². The lowest BCUT2D eigenvalue weighted by molar-refractivity contribution is -0.142. The van der Waals surface area contributed by atoms with Gasteiger partial charge in [0.25, 0.3) is 0 Å². The Bertz CT molecular complexity index is 560. The van der Waals surface area contributed by atoms with Gasteiger partial charge in [-0.15, -0.1) is 0 Å². The molecule has 0 saturated carbocycles. The van der Waals surface area contributed by atoms with Crippen molar-refractivity contribution >= 4 is 48.9 Å². The van der Waals surface area contributed by atoms with E-state index in [2.05, 4.69) is 41.2 Å². The fourth-order valence-electron chi connectivity index (χ4n) is 2.30. The first-order chi connectivity index (χ1) is 12.9. The van der Waals surface area contributed by atoms with Crippen LogP contribution in [0, 0.1) is 11.8 Å². The van der Waals surface area contributed by atoms with Crippen molar-refractivity contribution in [3.63, 3.8) is 0 Å². The van der Waals surface area contributed by atoms with E-state index in [1.165, 1.54) is 0 Å². The smallest absolute Gasteiger partial charge is 0.327 e. The zero-order valence-electron chi connectivity index (χ0n) is 16.6. The molecule has 6 N–H and O–H groups in total. The molecule has 3 amide bonds. The molecule has 11 heteroatoms. The molecular weight excluding hydrogens is 404 g/mol. The molecule has 0 aromatic heterocycles. The molecule has 4 atom stereocenters. The van der Waals surface area contributed by atoms with Gasteiger partial charge in [-0.25, -0.2) is 4.79 Å². The molecule has 0 heterocycles. The minimum atomic E-state index is -1.22. The van der Waals surface area contributed by atoms with E-state index in [0.29, 0.717) is 6.42 Å². The number of nitrogens with one attached hydrogen (secondary N) is 3. The predicted octanol–water partition coefficient (Wildman–Crippen LogP) is -0.586. The van der Waals surface area contributed by atoms with E-state index in [-0.39, 0.29) is 23.3 Å². The number of carbonyl (C=O) groups excluding carboxylic acids is 3. The summed E-state index contributed by atoms with van der Waals surface area (Å²) < 4.78 is 0. The average Bonchev–Trinajstić information content (AvgIpc) is 2.61. The van der Waals surface area contributed by atoms with Crippen LogP contribution in [-0.2, 0) is 19.2 Å². The highest BCUT2D eigenvalue weighted by atomic mass is 32.1. The van der Waals surface area contributed by atoms with Crippen LogP contribution < -0.4 is 21.7 Å². The van der Waals surface area contributed by atoms with E-state index in [9.17, 15) is 19.2 Å². The fraction of sp³-hybridized carbons (Fsp3) is 0.765. The molecule has 0 fully saturated rings. The van der Waals surface area contributed by atoms with Crippen LogP contribution in [0.2, 0.25) is 0 Å². The molecule has 0 aliphatic carbocycles. The average molecular weight is 437 g/mol. The molecule has 0 aliphatic rings. The second-order valence-corrected chi connectivity index (χ2v) is 8.02. The lowest BCUT2D eigenvalue weighted by Crippen LogP contribution is -2.59. The van der Waals surface area contributed by atoms with Crippen molar-refractivity contribution < 1.29 is 24.3 Å². The maximum Gasteiger partial charge on any atom is 0.327 e. The van der Waals surface area contributed by atoms with E-state index in [1.54, 1.807) is 13.8 Å². The molecule has 0 aliphatic heterocycles. The van der Waals surface area contributed by atoms with Gasteiger partial charge in [0.1, 0.15) is 18.1 Å². The largest absolute Gasteiger partial charge is 0.480 e. The van der Waals surface area contributed by atoms with Crippen molar-refractivity contribution in [1.29, 1.82) is 0 Å². The Hall–Kier alpha value is -1.46. The molecule has 0 bridgehead atoms. The molecule has 162 valence electrons. The number of thiol groups is 2. The molecule has 0 radical (unpaired) electrons. The molecule has 0 aromatic carbocycles. The molecule has 28 heavy (non-hydrogen) atoms. The lowest BCUT2D eigenvalue weighted by Gasteiger charge is -2.27. The first-order valence-corrected chi connectivity index (χ1v) is 10.3. The molecule has 0 spiro atoms. The summed E-state index contributed by atoms with van der Waals surface area (Å²) in [6.07, 6.45) is 0.345. The summed E-state index contributed by atoms with van der Waals surface area (Å²) >= 11 is 7.88. The number of carboxylic acid groups (broad SMARTS) is 1. The Labute approximate surface area is 176 Å². The summed E-state index contributed by atoms with van der Waals surface area (Å²) in [4.78, 5) is 48.4. The van der Waals surface area contributed by atoms with Gasteiger partial charge in [0.05, 0.1) is 6.04 Å². The Balaban J connectivity index is 5.30. The standard InChI is InChI=1S/C17H32N4O5S2/c1-8(2)5-11(19-14(22)10(18)6-27)15(23)21-13(9(3)4)16(24)20-12(7-28)17(25)26/h8-13,27-28H,5-7,18H2,1-4H3,(H,19,22)(H,20,24)(H,21,23)(H,25,26)/t10-,11-,12-,13-/m0/s1. The Kier molecular flexibility index (Phi) is 12.2. The topological polar surface area (TPSA) is 151 Å². The third-order valence-electron chi connectivity index (χ3n) is 3.92. The van der Waals surface area contributed by atoms with Crippen LogP contribution in [0.15, 0.2) is 0 Å². The summed E-state index contributed by atoms with van der Waals surface area (Å²) in [5.41, 5.74) is 5.64. The van der Waals surface area contributed by atoms with Crippen LogP contribution in [0.1, 0.15) is 34.1 Å². The van der Waals surface area contributed by atoms with Crippen LogP contribution in [0.5, 0.6) is 0 Å². The zero-order chi connectivity index (χ0) is 22.0. The maximum atomic E-state index is 12.7. The SMILES string of the molecule is CC(C)C[C@H](NC(=O)[C@@H](N)CS)C(=O)N[C@H](C(=O)N[C@@H](CS)C(=O)O)C(C)C. The Morgan fingerprint density at radius 1 is 0.857 bits per heavy atom. The number of hydrogen-bond donors (Lipinski definition) is 7. The molecule has 0 rings (SSSR count). The molecule has 0 saturated heterocycles. The maximum absolute atomic E-state index is 12.7. The quantitative estimate of drug-likeness (QED) is 0.203. The highest BCUT2D eigenvalue weighted by Gasteiger charge is 2.31. The predicted molar refractivity (Wildman–Crippen MR) is 113 cm³/mol. The van der Waals surface area contributed by atoms with Crippen LogP contribution in [0.25, 0.3) is 0 Å². The van der Waals surface area contributed by atoms with Crippen LogP contribution >= 0.6 is 25.3 Å². The number of hydrogen-bond acceptors (Lipinski definition) is 7. The zero-order valence-corrected chi connectivity index (χ0v) is 18.4. The van der Waals surface area contributed by atoms with E-state index in [4.69, 9.17) is 10.8 Å². The van der Waals surface area contributed by atoms with Crippen molar-refractivity contribution in [3.05, 3.63) is 0 Å². The molecule has 9 nitrogen and oxygen atoms in total. The first kappa shape index (κ1) is 26.5. The minimum Gasteiger partial charge on any atom is -0.480 e. The van der Waals surface area contributed by atoms with E-state index >= 15 is 0 Å². The van der Waals surface area contributed by atoms with Gasteiger partial charge in [-0.2, -0.15) is 25.3 Å². The van der Waals surface area contributed by atoms with Crippen molar-refractivity contribution in [2.45, 2.75) is 58.3 Å². The summed E-state index contributed by atoms with van der Waals surface area (Å²) in [5.74, 6) is -3.09. The Morgan fingerprint density at radius 3 is 1.79 bits per heavy atom. The monoisotopic (exact) mass is 436 g/mol. The summed E-state index contributed by atoms with van der Waals surface area (Å²) in [6.45, 7) is 7.21. The van der Waals surface area contributed by atoms with Crippen LogP contribution in [0.3, 0.4) is 0 Å². The van der Waals surface area contributed by atoms with E-state index in [1.807, 2.05) is 13.8 Å². The fourth-order valence-corrected chi connectivity index (χ4v) is 2.71. The van der Waals surface area contributed by atoms with Crippen LogP contribution in [0.4, 0.5) is 0 Å². The highest BCUT2D eigenvalue weighted by Crippen LogP contribution is 2.09. The van der Waals surface area contributed by atoms with Gasteiger partial charge >= 0.3 is 5.97 Å². The van der Waals surface area contributed by atoms with Gasteiger partial charge in [-0.3, -0.25) is 14.4 Å². The van der Waals surface area contributed by atoms with Crippen LogP contribution in [-0.4, -0.2) is 64.5 Å². The number of rotatable bonds is 12. The summed E-state index contributed by atoms with van der Waals surface area (Å²) in [7, 11) is 0. The van der Waals surface area contributed by atoms with Gasteiger partial charge in [0.15, 0.2) is 0 Å². The first-order valence-electron chi connectivity index (χ1n) is 9.05. The highest BCUT2D eigenvalue weighted by molar-refractivity contribution is 7.80. The lowest BCUT2D eigenvalue weighted by atomic mass is 9.99. The van der Waals surface area contributed by atoms with Crippen molar-refractivity contribution in [1.82, 2.24) is 16.0 Å². The van der Waals surface area contributed by atoms with Gasteiger partial charge < -0.3 is 26.8 Å². The number of carboxylic acids is 1. The summed E-state index contributed by atoms with van der Waals surface area (Å²) in [5, 5.41) is 16.6. The molecule has 0 aromatic rings. The second kappa shape index (κ2) is 12.9. The normalized spacial score (nSPS) is 15.5. The Morgan fingerprint density at radius 2 is 1.39 bits per heavy atom. The minimum absolute atomic E-state index is 0.0898. The number of nitrogens with two attached hydrogens (primary N) is 1. The summed E-state index contributed by atoms with van der Waals surface area (Å²) in [6, 6.07) is -3.89. The number of aliphatic carboxylic acids is 1. The molecule has 0 unspecified atom stereocenters. The van der Waals surface area contributed by atoms with E-state index in [0.717, 1.165) is 0 Å². The van der Waals surface area contributed by atoms with Crippen molar-refractivity contribution in [2.75, 3.05) is 11.5 Å². The number of carbonyl (C=O) groups is 4. The van der Waals surface area contributed by atoms with Crippen molar-refractivity contribution in [2.24, 2.45) is 17.6 Å². The third kappa shape index (κ3) is 9.16. The van der Waals surface area contributed by atoms with Crippen molar-refractivity contribution in [3.8, 4) is 0 Å². The van der Waals surface area contributed by atoms with Gasteiger partial charge in [-0.1, -0.05) is 27.7 Å². The van der Waals surface area contributed by atoms with Gasteiger partial charge in [0, 0.05) is 11.5 Å². The second-order valence-electron chi connectivity index (χ2n) is 7.29. The van der Waals surface area contributed by atoms with Gasteiger partial charge in [-0.05, 0) is 18.3 Å². The molecular formula is C17H32N4O5S2. The number of amides is 3. The third-order valence-corrected chi connectivity index (χ3v) is 4.68. The van der Waals surface area contributed by atoms with Gasteiger partial charge in [0.2, 0.25) is 17.7 Å².